The molecule has 2 aromatic rings. The second kappa shape index (κ2) is 9.36. The van der Waals surface area contributed by atoms with Crippen LogP contribution in [0.3, 0.4) is 0 Å². The zero-order chi connectivity index (χ0) is 24.6. The first-order valence-electron chi connectivity index (χ1n) is 12.5. The minimum atomic E-state index is -0.778. The average Bonchev–Trinajstić information content (AvgIpc) is 3.51. The average molecular weight is 477 g/mol. The van der Waals surface area contributed by atoms with Crippen LogP contribution in [0.1, 0.15) is 49.7 Å². The lowest BCUT2D eigenvalue weighted by molar-refractivity contribution is -0.149. The first-order valence-corrected chi connectivity index (χ1v) is 12.5. The van der Waals surface area contributed by atoms with Crippen LogP contribution in [0.2, 0.25) is 0 Å². The summed E-state index contributed by atoms with van der Waals surface area (Å²) >= 11 is 0. The van der Waals surface area contributed by atoms with Gasteiger partial charge in [0.25, 0.3) is 0 Å². The summed E-state index contributed by atoms with van der Waals surface area (Å²) in [6.45, 7) is 3.31. The summed E-state index contributed by atoms with van der Waals surface area (Å²) in [5.41, 5.74) is 3.92. The van der Waals surface area contributed by atoms with Gasteiger partial charge in [0.05, 0.1) is 5.41 Å². The van der Waals surface area contributed by atoms with Crippen LogP contribution in [0.15, 0.2) is 48.5 Å². The number of benzene rings is 2. The van der Waals surface area contributed by atoms with Gasteiger partial charge in [-0.3, -0.25) is 9.59 Å². The van der Waals surface area contributed by atoms with Crippen molar-refractivity contribution in [3.8, 4) is 11.1 Å². The van der Waals surface area contributed by atoms with Gasteiger partial charge < -0.3 is 20.1 Å². The molecule has 0 bridgehead atoms. The lowest BCUT2D eigenvalue weighted by Gasteiger charge is -2.24. The number of aliphatic carboxylic acids is 1. The highest BCUT2D eigenvalue weighted by molar-refractivity contribution is 5.82. The van der Waals surface area contributed by atoms with Crippen molar-refractivity contribution in [2.45, 2.75) is 38.5 Å². The first-order chi connectivity index (χ1) is 16.9. The van der Waals surface area contributed by atoms with Crippen molar-refractivity contribution in [2.24, 2.45) is 17.3 Å². The summed E-state index contributed by atoms with van der Waals surface area (Å²) in [5.74, 6) is -0.840. The molecule has 35 heavy (non-hydrogen) atoms. The van der Waals surface area contributed by atoms with Gasteiger partial charge in [0.2, 0.25) is 5.91 Å². The molecule has 184 valence electrons. The van der Waals surface area contributed by atoms with Gasteiger partial charge in [0, 0.05) is 32.0 Å². The molecule has 1 saturated carbocycles. The Labute approximate surface area is 205 Å². The van der Waals surface area contributed by atoms with E-state index in [9.17, 15) is 19.5 Å². The molecule has 5 rings (SSSR count). The van der Waals surface area contributed by atoms with Crippen molar-refractivity contribution in [2.75, 3.05) is 26.2 Å². The number of fused-ring (bicyclic) bond motifs is 4. The van der Waals surface area contributed by atoms with Gasteiger partial charge >= 0.3 is 12.1 Å². The van der Waals surface area contributed by atoms with Crippen LogP contribution in [0.4, 0.5) is 4.79 Å². The Balaban J connectivity index is 1.10. The fourth-order valence-electron chi connectivity index (χ4n) is 6.24. The van der Waals surface area contributed by atoms with E-state index < -0.39 is 17.5 Å². The number of carbonyl (C=O) groups excluding carboxylic acids is 2. The molecule has 2 aromatic carbocycles. The highest BCUT2D eigenvalue weighted by atomic mass is 16.5. The number of nitrogens with one attached hydrogen (secondary N) is 1. The third kappa shape index (κ3) is 4.28. The van der Waals surface area contributed by atoms with Crippen LogP contribution in [0.5, 0.6) is 0 Å². The van der Waals surface area contributed by atoms with Crippen molar-refractivity contribution in [1.82, 2.24) is 10.2 Å². The van der Waals surface area contributed by atoms with E-state index in [0.29, 0.717) is 26.1 Å². The third-order valence-electron chi connectivity index (χ3n) is 8.11. The number of ether oxygens (including phenoxy) is 1. The van der Waals surface area contributed by atoms with Crippen LogP contribution >= 0.6 is 0 Å². The predicted molar refractivity (Wildman–Crippen MR) is 131 cm³/mol. The number of hydrogen-bond donors (Lipinski definition) is 2. The zero-order valence-corrected chi connectivity index (χ0v) is 20.0. The smallest absolute Gasteiger partial charge is 0.407 e. The molecule has 1 saturated heterocycles. The Bertz CT molecular complexity index is 1100. The summed E-state index contributed by atoms with van der Waals surface area (Å²) in [6.07, 6.45) is 2.21. The Kier molecular flexibility index (Phi) is 6.26. The van der Waals surface area contributed by atoms with Gasteiger partial charge in [0.15, 0.2) is 0 Å². The van der Waals surface area contributed by atoms with Crippen molar-refractivity contribution in [3.05, 3.63) is 59.7 Å². The van der Waals surface area contributed by atoms with Crippen molar-refractivity contribution in [3.63, 3.8) is 0 Å². The van der Waals surface area contributed by atoms with Gasteiger partial charge in [-0.15, -0.1) is 0 Å². The number of nitrogens with zero attached hydrogens (tertiary/aromatic N) is 1. The van der Waals surface area contributed by atoms with Crippen LogP contribution in [-0.2, 0) is 14.3 Å². The van der Waals surface area contributed by atoms with E-state index in [4.69, 9.17) is 4.74 Å². The molecule has 2 amide bonds. The topological polar surface area (TPSA) is 95.9 Å². The van der Waals surface area contributed by atoms with E-state index in [1.165, 1.54) is 11.1 Å². The maximum atomic E-state index is 12.8. The fraction of sp³-hybridized carbons (Fsp3) is 0.464. The van der Waals surface area contributed by atoms with Gasteiger partial charge in [-0.1, -0.05) is 61.9 Å². The van der Waals surface area contributed by atoms with E-state index in [1.54, 1.807) is 4.90 Å². The number of likely N-dealkylation sites (tertiary alicyclic amines) is 1. The third-order valence-corrected chi connectivity index (χ3v) is 8.11. The molecule has 3 unspecified atom stereocenters. The molecule has 7 heteroatoms. The van der Waals surface area contributed by atoms with Crippen LogP contribution < -0.4 is 5.32 Å². The van der Waals surface area contributed by atoms with Crippen LogP contribution in [0.25, 0.3) is 11.1 Å². The van der Waals surface area contributed by atoms with Gasteiger partial charge in [0.1, 0.15) is 6.61 Å². The SMILES string of the molecule is CC(CNC(=O)OCC1c2ccccc2-c2ccccc21)CC(=O)N1CC2CCCC2(C(=O)O)C1. The number of carboxylic acids is 1. The minimum absolute atomic E-state index is 0.00308. The van der Waals surface area contributed by atoms with E-state index >= 15 is 0 Å². The number of alkyl carbamates (subject to hydrolysis) is 1. The van der Waals surface area contributed by atoms with E-state index in [0.717, 1.165) is 24.0 Å². The van der Waals surface area contributed by atoms with Crippen LogP contribution in [0, 0.1) is 17.3 Å². The van der Waals surface area contributed by atoms with Crippen molar-refractivity contribution >= 4 is 18.0 Å². The Hall–Kier alpha value is -3.35. The predicted octanol–water partition coefficient (Wildman–Crippen LogP) is 4.26. The number of carboxylic acid groups (broad SMARTS) is 1. The fourth-order valence-corrected chi connectivity index (χ4v) is 6.24. The summed E-state index contributed by atoms with van der Waals surface area (Å²) in [7, 11) is 0. The van der Waals surface area contributed by atoms with E-state index in [2.05, 4.69) is 29.6 Å². The van der Waals surface area contributed by atoms with E-state index in [1.807, 2.05) is 31.2 Å². The van der Waals surface area contributed by atoms with Gasteiger partial charge in [-0.25, -0.2) is 4.79 Å². The van der Waals surface area contributed by atoms with Gasteiger partial charge in [-0.2, -0.15) is 0 Å². The monoisotopic (exact) mass is 476 g/mol. The summed E-state index contributed by atoms with van der Waals surface area (Å²) in [6, 6.07) is 16.4. The quantitative estimate of drug-likeness (QED) is 0.622. The Morgan fingerprint density at radius 1 is 1.11 bits per heavy atom. The minimum Gasteiger partial charge on any atom is -0.481 e. The maximum Gasteiger partial charge on any atom is 0.407 e. The molecule has 2 aliphatic carbocycles. The Morgan fingerprint density at radius 2 is 1.77 bits per heavy atom. The molecule has 3 aliphatic rings. The highest BCUT2D eigenvalue weighted by Gasteiger charge is 2.55. The normalized spacial score (nSPS) is 23.3. The highest BCUT2D eigenvalue weighted by Crippen LogP contribution is 2.49. The largest absolute Gasteiger partial charge is 0.481 e. The number of hydrogen-bond acceptors (Lipinski definition) is 4. The lowest BCUT2D eigenvalue weighted by Crippen LogP contribution is -2.38. The molecule has 2 fully saturated rings. The first kappa shape index (κ1) is 23.4. The van der Waals surface area contributed by atoms with Crippen LogP contribution in [-0.4, -0.2) is 54.2 Å². The molecule has 0 spiro atoms. The molecular weight excluding hydrogens is 444 g/mol. The molecular formula is C28H32N2O5. The summed E-state index contributed by atoms with van der Waals surface area (Å²) < 4.78 is 5.57. The lowest BCUT2D eigenvalue weighted by atomic mass is 9.81. The molecule has 7 nitrogen and oxygen atoms in total. The number of rotatable bonds is 7. The second-order valence-electron chi connectivity index (χ2n) is 10.3. The summed E-state index contributed by atoms with van der Waals surface area (Å²) in [5, 5.41) is 12.5. The molecule has 1 heterocycles. The zero-order valence-electron chi connectivity index (χ0n) is 20.0. The maximum absolute atomic E-state index is 12.8. The molecule has 0 radical (unpaired) electrons. The summed E-state index contributed by atoms with van der Waals surface area (Å²) in [4.78, 5) is 38.8. The van der Waals surface area contributed by atoms with Crippen molar-refractivity contribution in [1.29, 1.82) is 0 Å². The van der Waals surface area contributed by atoms with E-state index in [-0.39, 0.29) is 36.7 Å². The molecule has 0 aromatic heterocycles. The Morgan fingerprint density at radius 3 is 2.40 bits per heavy atom. The standard InChI is InChI=1S/C28H32N2O5/c1-18(13-25(31)30-15-19-7-6-12-28(19,17-30)26(32)33)14-29-27(34)35-16-24-22-10-4-2-8-20(22)21-9-3-5-11-23(21)24/h2-5,8-11,18-19,24H,6-7,12-17H2,1H3,(H,29,34)(H,32,33). The molecule has 1 aliphatic heterocycles. The van der Waals surface area contributed by atoms with Gasteiger partial charge in [-0.05, 0) is 46.9 Å². The number of carbonyl (C=O) groups is 3. The van der Waals surface area contributed by atoms with Crippen molar-refractivity contribution < 1.29 is 24.2 Å². The molecule has 3 atom stereocenters. The second-order valence-corrected chi connectivity index (χ2v) is 10.3. The molecule has 2 N–H and O–H groups in total. The number of amides is 2.